The molecular weight excluding hydrogens is 412 g/mol. The average Bonchev–Trinajstić information content (AvgIpc) is 3.22. The largest absolute Gasteiger partial charge is 0.478 e. The van der Waals surface area contributed by atoms with Gasteiger partial charge in [-0.1, -0.05) is 43.5 Å². The fraction of sp³-hybridized carbons (Fsp3) is 0.429. The van der Waals surface area contributed by atoms with Gasteiger partial charge in [-0.25, -0.2) is 4.79 Å². The van der Waals surface area contributed by atoms with Crippen LogP contribution < -0.4 is 4.90 Å². The number of anilines is 1. The lowest BCUT2D eigenvalue weighted by Crippen LogP contribution is -2.37. The summed E-state index contributed by atoms with van der Waals surface area (Å²) in [4.78, 5) is 27.2. The van der Waals surface area contributed by atoms with Gasteiger partial charge in [0.1, 0.15) is 0 Å². The molecule has 6 rings (SSSR count). The van der Waals surface area contributed by atoms with Crippen LogP contribution in [0.3, 0.4) is 0 Å². The smallest absolute Gasteiger partial charge is 0.335 e. The van der Waals surface area contributed by atoms with E-state index in [1.807, 2.05) is 30.9 Å². The number of aryl methyl sites for hydroxylation is 1. The Balaban J connectivity index is 1.71. The van der Waals surface area contributed by atoms with Gasteiger partial charge in [0, 0.05) is 29.6 Å². The maximum absolute atomic E-state index is 13.4. The second-order valence-electron chi connectivity index (χ2n) is 10.4. The number of hydrogen-bond donors (Lipinski definition) is 1. The van der Waals surface area contributed by atoms with Crippen LogP contribution in [0.15, 0.2) is 36.4 Å². The second-order valence-corrected chi connectivity index (χ2v) is 10.4. The minimum atomic E-state index is -0.892. The van der Waals surface area contributed by atoms with E-state index in [-0.39, 0.29) is 5.91 Å². The van der Waals surface area contributed by atoms with Gasteiger partial charge < -0.3 is 14.6 Å². The van der Waals surface area contributed by atoms with E-state index in [4.69, 9.17) is 0 Å². The minimum Gasteiger partial charge on any atom is -0.478 e. The number of nitrogens with zero attached hydrogens (tertiary/aromatic N) is 2. The lowest BCUT2D eigenvalue weighted by molar-refractivity contribution is -0.122. The molecule has 3 aromatic rings. The van der Waals surface area contributed by atoms with Crippen molar-refractivity contribution in [3.63, 3.8) is 0 Å². The molecule has 1 saturated carbocycles. The van der Waals surface area contributed by atoms with E-state index in [9.17, 15) is 14.7 Å². The minimum absolute atomic E-state index is 0.182. The quantitative estimate of drug-likeness (QED) is 0.523. The highest BCUT2D eigenvalue weighted by Crippen LogP contribution is 2.52. The summed E-state index contributed by atoms with van der Waals surface area (Å²) in [6.07, 6.45) is 6.91. The molecule has 0 radical (unpaired) electrons. The predicted octanol–water partition coefficient (Wildman–Crippen LogP) is 6.08. The number of carboxylic acid groups (broad SMARTS) is 1. The highest BCUT2D eigenvalue weighted by Gasteiger charge is 2.46. The topological polar surface area (TPSA) is 62.5 Å². The van der Waals surface area contributed by atoms with E-state index in [0.29, 0.717) is 18.0 Å². The van der Waals surface area contributed by atoms with Gasteiger partial charge in [0.05, 0.1) is 22.4 Å². The molecule has 0 unspecified atom stereocenters. The van der Waals surface area contributed by atoms with Crippen LogP contribution in [0.4, 0.5) is 5.69 Å². The molecule has 5 nitrogen and oxygen atoms in total. The van der Waals surface area contributed by atoms with E-state index < -0.39 is 11.4 Å². The lowest BCUT2D eigenvalue weighted by Gasteiger charge is -2.28. The SMILES string of the molecule is CC1(C)C(=O)N2CCCn3c(c(C4CCCCC4)c4ccc(C(=O)O)cc43)-c3cccc1c32. The van der Waals surface area contributed by atoms with E-state index in [2.05, 4.69) is 22.8 Å². The van der Waals surface area contributed by atoms with Crippen molar-refractivity contribution in [2.75, 3.05) is 11.4 Å². The van der Waals surface area contributed by atoms with Gasteiger partial charge in [0.25, 0.3) is 0 Å². The van der Waals surface area contributed by atoms with Crippen molar-refractivity contribution in [3.8, 4) is 11.3 Å². The van der Waals surface area contributed by atoms with E-state index in [0.717, 1.165) is 48.1 Å². The first-order chi connectivity index (χ1) is 15.9. The fourth-order valence-electron chi connectivity index (χ4n) is 6.52. The molecule has 2 aromatic carbocycles. The number of carbonyl (C=O) groups is 2. The summed E-state index contributed by atoms with van der Waals surface area (Å²) in [7, 11) is 0. The fourth-order valence-corrected chi connectivity index (χ4v) is 6.52. The summed E-state index contributed by atoms with van der Waals surface area (Å²) in [5.41, 5.74) is 6.65. The van der Waals surface area contributed by atoms with Crippen LogP contribution in [0.2, 0.25) is 0 Å². The number of rotatable bonds is 2. The summed E-state index contributed by atoms with van der Waals surface area (Å²) in [6, 6.07) is 12.0. The molecular formula is C28H30N2O3. The summed E-state index contributed by atoms with van der Waals surface area (Å²) < 4.78 is 2.36. The number of benzene rings is 2. The molecule has 1 N–H and O–H groups in total. The Bertz CT molecular complexity index is 1310. The van der Waals surface area contributed by atoms with Crippen molar-refractivity contribution in [1.29, 1.82) is 0 Å². The standard InChI is InChI=1S/C28H30N2O3/c1-28(2)21-11-6-10-20-24(21)30(27(28)33)15-7-14-29-22-16-18(26(31)32)12-13-19(22)23(25(20)29)17-8-4-3-5-9-17/h6,10-13,16-17H,3-5,7-9,14-15H2,1-2H3,(H,31,32). The molecule has 2 aliphatic heterocycles. The van der Waals surface area contributed by atoms with Gasteiger partial charge >= 0.3 is 5.97 Å². The van der Waals surface area contributed by atoms with Crippen molar-refractivity contribution >= 4 is 28.5 Å². The molecule has 0 saturated heterocycles. The molecule has 1 amide bonds. The lowest BCUT2D eigenvalue weighted by atomic mass is 9.80. The number of aromatic nitrogens is 1. The third-order valence-electron chi connectivity index (χ3n) is 8.14. The van der Waals surface area contributed by atoms with Crippen LogP contribution >= 0.6 is 0 Å². The number of aromatic carboxylic acids is 1. The maximum Gasteiger partial charge on any atom is 0.335 e. The highest BCUT2D eigenvalue weighted by atomic mass is 16.4. The zero-order valence-electron chi connectivity index (χ0n) is 19.4. The van der Waals surface area contributed by atoms with Crippen molar-refractivity contribution in [3.05, 3.63) is 53.1 Å². The zero-order valence-corrected chi connectivity index (χ0v) is 19.4. The Morgan fingerprint density at radius 3 is 2.58 bits per heavy atom. The van der Waals surface area contributed by atoms with Crippen LogP contribution in [0.25, 0.3) is 22.2 Å². The number of amides is 1. The van der Waals surface area contributed by atoms with E-state index in [1.54, 1.807) is 6.07 Å². The Morgan fingerprint density at radius 1 is 1.03 bits per heavy atom. The summed E-state index contributed by atoms with van der Waals surface area (Å²) in [6.45, 7) is 5.53. The molecule has 3 heterocycles. The van der Waals surface area contributed by atoms with Gasteiger partial charge in [0.15, 0.2) is 0 Å². The van der Waals surface area contributed by atoms with Crippen molar-refractivity contribution < 1.29 is 14.7 Å². The van der Waals surface area contributed by atoms with Gasteiger partial charge in [0.2, 0.25) is 5.91 Å². The Morgan fingerprint density at radius 2 is 1.82 bits per heavy atom. The van der Waals surface area contributed by atoms with E-state index >= 15 is 0 Å². The number of hydrogen-bond acceptors (Lipinski definition) is 2. The Hall–Kier alpha value is -3.08. The second kappa shape index (κ2) is 7.21. The predicted molar refractivity (Wildman–Crippen MR) is 130 cm³/mol. The van der Waals surface area contributed by atoms with Crippen molar-refractivity contribution in [2.45, 2.75) is 70.3 Å². The van der Waals surface area contributed by atoms with Crippen LogP contribution in [0.1, 0.15) is 79.8 Å². The number of carboxylic acids is 1. The summed E-state index contributed by atoms with van der Waals surface area (Å²) >= 11 is 0. The molecule has 3 aliphatic rings. The maximum atomic E-state index is 13.4. The van der Waals surface area contributed by atoms with Crippen LogP contribution in [-0.4, -0.2) is 28.1 Å². The Labute approximate surface area is 194 Å². The van der Waals surface area contributed by atoms with Gasteiger partial charge in [-0.3, -0.25) is 4.79 Å². The third-order valence-corrected chi connectivity index (χ3v) is 8.14. The van der Waals surface area contributed by atoms with Crippen molar-refractivity contribution in [2.24, 2.45) is 0 Å². The first kappa shape index (κ1) is 20.5. The molecule has 1 aromatic heterocycles. The molecule has 170 valence electrons. The molecule has 0 spiro atoms. The first-order valence-electron chi connectivity index (χ1n) is 12.2. The first-order valence-corrected chi connectivity index (χ1v) is 12.2. The number of para-hydroxylation sites is 1. The summed E-state index contributed by atoms with van der Waals surface area (Å²) in [5.74, 6) is -0.249. The van der Waals surface area contributed by atoms with Crippen LogP contribution in [0, 0.1) is 0 Å². The molecule has 1 aliphatic carbocycles. The van der Waals surface area contributed by atoms with Crippen molar-refractivity contribution in [1.82, 2.24) is 4.57 Å². The van der Waals surface area contributed by atoms with Crippen LogP contribution in [0.5, 0.6) is 0 Å². The molecule has 33 heavy (non-hydrogen) atoms. The third kappa shape index (κ3) is 2.84. The van der Waals surface area contributed by atoms with Gasteiger partial charge in [-0.05, 0) is 62.3 Å². The molecule has 0 atom stereocenters. The zero-order chi connectivity index (χ0) is 22.9. The number of fused-ring (bicyclic) bond motifs is 4. The number of carbonyl (C=O) groups excluding carboxylic acids is 1. The molecule has 0 bridgehead atoms. The molecule has 1 fully saturated rings. The highest BCUT2D eigenvalue weighted by molar-refractivity contribution is 6.12. The Kier molecular flexibility index (Phi) is 4.48. The van der Waals surface area contributed by atoms with Gasteiger partial charge in [-0.2, -0.15) is 0 Å². The van der Waals surface area contributed by atoms with Crippen LogP contribution in [-0.2, 0) is 16.8 Å². The summed E-state index contributed by atoms with van der Waals surface area (Å²) in [5, 5.41) is 10.9. The molecule has 5 heteroatoms. The normalized spacial score (nSPS) is 19.8. The van der Waals surface area contributed by atoms with E-state index in [1.165, 1.54) is 35.9 Å². The van der Waals surface area contributed by atoms with Gasteiger partial charge in [-0.15, -0.1) is 0 Å². The monoisotopic (exact) mass is 442 g/mol. The average molecular weight is 443 g/mol.